The molecule has 6 heteroatoms. The average molecular weight is 299 g/mol. The van der Waals surface area contributed by atoms with Gasteiger partial charge in [-0.25, -0.2) is 9.97 Å². The fourth-order valence-corrected chi connectivity index (χ4v) is 2.61. The van der Waals surface area contributed by atoms with E-state index >= 15 is 0 Å². The molecular weight excluding hydrogens is 276 g/mol. The second kappa shape index (κ2) is 6.24. The van der Waals surface area contributed by atoms with Crippen molar-refractivity contribution in [3.63, 3.8) is 0 Å². The summed E-state index contributed by atoms with van der Waals surface area (Å²) in [5.74, 6) is 1.53. The lowest BCUT2D eigenvalue weighted by Crippen LogP contribution is -2.53. The summed E-state index contributed by atoms with van der Waals surface area (Å²) >= 11 is 6.06. The van der Waals surface area contributed by atoms with E-state index in [4.69, 9.17) is 16.3 Å². The van der Waals surface area contributed by atoms with E-state index < -0.39 is 0 Å². The van der Waals surface area contributed by atoms with Gasteiger partial charge in [-0.05, 0) is 20.8 Å². The van der Waals surface area contributed by atoms with Gasteiger partial charge in [0, 0.05) is 44.9 Å². The number of anilines is 1. The van der Waals surface area contributed by atoms with Crippen LogP contribution in [0.3, 0.4) is 0 Å². The van der Waals surface area contributed by atoms with Gasteiger partial charge >= 0.3 is 0 Å². The molecule has 0 unspecified atom stereocenters. The lowest BCUT2D eigenvalue weighted by atomic mass is 10.1. The number of hydrogen-bond acceptors (Lipinski definition) is 5. The molecule has 0 radical (unpaired) electrons. The average Bonchev–Trinajstić information content (AvgIpc) is 2.37. The minimum absolute atomic E-state index is 0.219. The first kappa shape index (κ1) is 15.5. The Hall–Kier alpha value is -0.910. The molecule has 2 heterocycles. The smallest absolute Gasteiger partial charge is 0.158 e. The van der Waals surface area contributed by atoms with Crippen molar-refractivity contribution in [1.29, 1.82) is 0 Å². The molecule has 0 saturated carbocycles. The summed E-state index contributed by atoms with van der Waals surface area (Å²) in [6.07, 6.45) is 0. The molecule has 0 aromatic carbocycles. The first-order valence-electron chi connectivity index (χ1n) is 6.92. The molecule has 1 aromatic rings. The fourth-order valence-electron chi connectivity index (χ4n) is 2.41. The molecule has 0 aliphatic carbocycles. The molecule has 5 nitrogen and oxygen atoms in total. The SMILES string of the molecule is COCc1nc(Cl)cc(N2CCN(C(C)(C)C)CC2)n1. The number of hydrogen-bond donors (Lipinski definition) is 0. The van der Waals surface area contributed by atoms with E-state index in [-0.39, 0.29) is 5.54 Å². The molecule has 112 valence electrons. The Morgan fingerprint density at radius 3 is 2.40 bits per heavy atom. The molecule has 0 bridgehead atoms. The van der Waals surface area contributed by atoms with E-state index in [1.165, 1.54) is 0 Å². The van der Waals surface area contributed by atoms with Gasteiger partial charge in [-0.1, -0.05) is 11.6 Å². The first-order valence-corrected chi connectivity index (χ1v) is 7.30. The van der Waals surface area contributed by atoms with Crippen LogP contribution in [0.1, 0.15) is 26.6 Å². The number of nitrogens with zero attached hydrogens (tertiary/aromatic N) is 4. The molecule has 0 amide bonds. The molecule has 0 atom stereocenters. The van der Waals surface area contributed by atoms with Crippen LogP contribution in [0.5, 0.6) is 0 Å². The molecule has 1 aliphatic heterocycles. The zero-order valence-corrected chi connectivity index (χ0v) is 13.4. The summed E-state index contributed by atoms with van der Waals surface area (Å²) in [7, 11) is 1.63. The van der Waals surface area contributed by atoms with Gasteiger partial charge < -0.3 is 9.64 Å². The van der Waals surface area contributed by atoms with E-state index in [0.717, 1.165) is 32.0 Å². The molecule has 1 aliphatic rings. The van der Waals surface area contributed by atoms with Crippen LogP contribution in [0.15, 0.2) is 6.07 Å². The van der Waals surface area contributed by atoms with Gasteiger partial charge in [0.15, 0.2) is 5.82 Å². The van der Waals surface area contributed by atoms with Crippen LogP contribution in [0.4, 0.5) is 5.82 Å². The Bertz CT molecular complexity index is 453. The lowest BCUT2D eigenvalue weighted by molar-refractivity contribution is 0.128. The third-order valence-corrected chi connectivity index (χ3v) is 3.75. The molecule has 1 saturated heterocycles. The van der Waals surface area contributed by atoms with E-state index in [9.17, 15) is 0 Å². The van der Waals surface area contributed by atoms with Crippen molar-refractivity contribution < 1.29 is 4.74 Å². The van der Waals surface area contributed by atoms with Gasteiger partial charge in [0.05, 0.1) is 0 Å². The number of halogens is 1. The summed E-state index contributed by atoms with van der Waals surface area (Å²) in [4.78, 5) is 13.4. The van der Waals surface area contributed by atoms with Crippen molar-refractivity contribution in [3.8, 4) is 0 Å². The topological polar surface area (TPSA) is 41.5 Å². The largest absolute Gasteiger partial charge is 0.377 e. The van der Waals surface area contributed by atoms with Gasteiger partial charge in [-0.2, -0.15) is 0 Å². The van der Waals surface area contributed by atoms with Crippen molar-refractivity contribution in [2.45, 2.75) is 32.9 Å². The Kier molecular flexibility index (Phi) is 4.83. The van der Waals surface area contributed by atoms with Crippen molar-refractivity contribution in [2.24, 2.45) is 0 Å². The second-order valence-corrected chi connectivity index (χ2v) is 6.43. The van der Waals surface area contributed by atoms with Crippen LogP contribution in [0, 0.1) is 0 Å². The zero-order valence-electron chi connectivity index (χ0n) is 12.7. The maximum absolute atomic E-state index is 6.06. The van der Waals surface area contributed by atoms with Crippen molar-refractivity contribution in [2.75, 3.05) is 38.2 Å². The maximum Gasteiger partial charge on any atom is 0.158 e. The number of methoxy groups -OCH3 is 1. The molecule has 2 rings (SSSR count). The highest BCUT2D eigenvalue weighted by molar-refractivity contribution is 6.29. The Morgan fingerprint density at radius 1 is 1.20 bits per heavy atom. The van der Waals surface area contributed by atoms with Crippen molar-refractivity contribution in [1.82, 2.24) is 14.9 Å². The highest BCUT2D eigenvalue weighted by Gasteiger charge is 2.26. The Balaban J connectivity index is 2.07. The fraction of sp³-hybridized carbons (Fsp3) is 0.714. The third-order valence-electron chi connectivity index (χ3n) is 3.55. The van der Waals surface area contributed by atoms with Crippen molar-refractivity contribution >= 4 is 17.4 Å². The predicted molar refractivity (Wildman–Crippen MR) is 81.3 cm³/mol. The molecule has 1 fully saturated rings. The summed E-state index contributed by atoms with van der Waals surface area (Å²) in [5, 5.41) is 0.473. The predicted octanol–water partition coefficient (Wildman–Crippen LogP) is 2.20. The third kappa shape index (κ3) is 3.81. The standard InChI is InChI=1S/C14H23ClN4O/c1-14(2,3)19-7-5-18(6-8-19)13-9-11(15)16-12(17-13)10-20-4/h9H,5-8,10H2,1-4H3. The van der Waals surface area contributed by atoms with Crippen LogP contribution < -0.4 is 4.90 Å². The molecule has 0 spiro atoms. The first-order chi connectivity index (χ1) is 9.40. The molecule has 1 aromatic heterocycles. The number of ether oxygens (including phenoxy) is 1. The van der Waals surface area contributed by atoms with Gasteiger partial charge in [0.1, 0.15) is 17.6 Å². The van der Waals surface area contributed by atoms with Gasteiger partial charge in [-0.3, -0.25) is 4.90 Å². The number of rotatable bonds is 3. The minimum Gasteiger partial charge on any atom is -0.377 e. The van der Waals surface area contributed by atoms with Gasteiger partial charge in [0.2, 0.25) is 0 Å². The van der Waals surface area contributed by atoms with Crippen LogP contribution in [0.2, 0.25) is 5.15 Å². The lowest BCUT2D eigenvalue weighted by Gasteiger charge is -2.42. The van der Waals surface area contributed by atoms with Gasteiger partial charge in [0.25, 0.3) is 0 Å². The van der Waals surface area contributed by atoms with Crippen LogP contribution in [-0.4, -0.2) is 53.7 Å². The highest BCUT2D eigenvalue weighted by atomic mass is 35.5. The summed E-state index contributed by atoms with van der Waals surface area (Å²) in [6, 6.07) is 1.83. The quantitative estimate of drug-likeness (QED) is 0.800. The number of aromatic nitrogens is 2. The van der Waals surface area contributed by atoms with Crippen LogP contribution >= 0.6 is 11.6 Å². The molecule has 0 N–H and O–H groups in total. The van der Waals surface area contributed by atoms with Crippen LogP contribution in [0.25, 0.3) is 0 Å². The summed E-state index contributed by atoms with van der Waals surface area (Å²) in [5.41, 5.74) is 0.219. The number of piperazine rings is 1. The van der Waals surface area contributed by atoms with Crippen molar-refractivity contribution in [3.05, 3.63) is 17.0 Å². The van der Waals surface area contributed by atoms with E-state index in [1.807, 2.05) is 6.07 Å². The molecular formula is C14H23ClN4O. The molecule has 20 heavy (non-hydrogen) atoms. The van der Waals surface area contributed by atoms with Crippen LogP contribution in [-0.2, 0) is 11.3 Å². The van der Waals surface area contributed by atoms with E-state index in [0.29, 0.717) is 17.6 Å². The zero-order chi connectivity index (χ0) is 14.8. The Morgan fingerprint density at radius 2 is 1.85 bits per heavy atom. The Labute approximate surface area is 125 Å². The normalized spacial score (nSPS) is 17.6. The van der Waals surface area contributed by atoms with E-state index in [1.54, 1.807) is 7.11 Å². The monoisotopic (exact) mass is 298 g/mol. The summed E-state index contributed by atoms with van der Waals surface area (Å²) in [6.45, 7) is 11.1. The second-order valence-electron chi connectivity index (χ2n) is 6.04. The minimum atomic E-state index is 0.219. The van der Waals surface area contributed by atoms with Gasteiger partial charge in [-0.15, -0.1) is 0 Å². The van der Waals surface area contributed by atoms with E-state index in [2.05, 4.69) is 40.5 Å². The summed E-state index contributed by atoms with van der Waals surface area (Å²) < 4.78 is 5.08. The maximum atomic E-state index is 6.06. The highest BCUT2D eigenvalue weighted by Crippen LogP contribution is 2.21.